The molecule has 8 nitrogen and oxygen atoms in total. The Morgan fingerprint density at radius 1 is 1.13 bits per heavy atom. The van der Waals surface area contributed by atoms with Crippen molar-refractivity contribution in [1.82, 2.24) is 5.32 Å². The van der Waals surface area contributed by atoms with Gasteiger partial charge in [0.1, 0.15) is 5.02 Å². The van der Waals surface area contributed by atoms with Crippen molar-refractivity contribution in [3.05, 3.63) is 42.9 Å². The summed E-state index contributed by atoms with van der Waals surface area (Å²) in [5.41, 5.74) is -1.47. The van der Waals surface area contributed by atoms with Crippen LogP contribution in [0.15, 0.2) is 12.1 Å². The molecule has 126 valence electrons. The molecular weight excluding hydrogens is 326 g/mol. The highest BCUT2D eigenvalue weighted by Gasteiger charge is 2.26. The first-order chi connectivity index (χ1) is 10.9. The number of amides is 1. The highest BCUT2D eigenvalue weighted by Crippen LogP contribution is 2.32. The molecule has 0 saturated carbocycles. The van der Waals surface area contributed by atoms with E-state index in [4.69, 9.17) is 11.6 Å². The van der Waals surface area contributed by atoms with Gasteiger partial charge in [-0.3, -0.25) is 25.0 Å². The second-order valence-corrected chi connectivity index (χ2v) is 5.39. The number of nitro benzene ring substituents is 2. The lowest BCUT2D eigenvalue weighted by Crippen LogP contribution is -2.25. The Balaban J connectivity index is 2.83. The number of nitro groups is 2. The molecule has 0 atom stereocenters. The Bertz CT molecular complexity index is 606. The molecule has 1 aromatic rings. The average Bonchev–Trinajstić information content (AvgIpc) is 2.50. The number of benzene rings is 1. The van der Waals surface area contributed by atoms with Gasteiger partial charge in [-0.15, -0.1) is 0 Å². The molecule has 1 rings (SSSR count). The number of unbranched alkanes of at least 4 members (excludes halogenated alkanes) is 4. The van der Waals surface area contributed by atoms with E-state index in [0.29, 0.717) is 6.54 Å². The molecule has 0 fully saturated rings. The van der Waals surface area contributed by atoms with Crippen LogP contribution in [0.4, 0.5) is 11.4 Å². The third-order valence-electron chi connectivity index (χ3n) is 3.26. The van der Waals surface area contributed by atoms with Crippen molar-refractivity contribution >= 4 is 28.9 Å². The van der Waals surface area contributed by atoms with Crippen LogP contribution in [0.5, 0.6) is 0 Å². The van der Waals surface area contributed by atoms with Crippen LogP contribution in [0.2, 0.25) is 5.02 Å². The van der Waals surface area contributed by atoms with E-state index in [1.54, 1.807) is 0 Å². The molecule has 0 heterocycles. The van der Waals surface area contributed by atoms with Crippen LogP contribution < -0.4 is 5.32 Å². The van der Waals surface area contributed by atoms with Gasteiger partial charge in [0.25, 0.3) is 17.3 Å². The smallest absolute Gasteiger partial charge is 0.295 e. The minimum Gasteiger partial charge on any atom is -0.352 e. The quantitative estimate of drug-likeness (QED) is 0.415. The van der Waals surface area contributed by atoms with Crippen molar-refractivity contribution in [3.63, 3.8) is 0 Å². The van der Waals surface area contributed by atoms with Gasteiger partial charge in [0, 0.05) is 12.6 Å². The molecule has 9 heteroatoms. The number of rotatable bonds is 9. The molecule has 0 bridgehead atoms. The van der Waals surface area contributed by atoms with Gasteiger partial charge >= 0.3 is 0 Å². The summed E-state index contributed by atoms with van der Waals surface area (Å²) in [6, 6.07) is 1.69. The number of halogens is 1. The van der Waals surface area contributed by atoms with Crippen molar-refractivity contribution in [2.75, 3.05) is 6.54 Å². The summed E-state index contributed by atoms with van der Waals surface area (Å²) in [6.45, 7) is 2.48. The SMILES string of the molecule is CCCCCCCNC(=O)c1cc([N+](=O)[O-])cc([N+](=O)[O-])c1Cl. The number of non-ortho nitro benzene ring substituents is 1. The van der Waals surface area contributed by atoms with Gasteiger partial charge in [-0.05, 0) is 6.42 Å². The Morgan fingerprint density at radius 2 is 1.78 bits per heavy atom. The number of nitrogens with one attached hydrogen (secondary N) is 1. The molecule has 0 aromatic heterocycles. The minimum absolute atomic E-state index is 0.263. The van der Waals surface area contributed by atoms with Crippen LogP contribution in [-0.2, 0) is 0 Å². The third kappa shape index (κ3) is 5.48. The van der Waals surface area contributed by atoms with Crippen LogP contribution in [0.25, 0.3) is 0 Å². The zero-order valence-electron chi connectivity index (χ0n) is 12.7. The molecule has 23 heavy (non-hydrogen) atoms. The van der Waals surface area contributed by atoms with Crippen molar-refractivity contribution in [3.8, 4) is 0 Å². The summed E-state index contributed by atoms with van der Waals surface area (Å²) >= 11 is 5.83. The largest absolute Gasteiger partial charge is 0.352 e. The summed E-state index contributed by atoms with van der Waals surface area (Å²) in [6.07, 6.45) is 5.02. The number of hydrogen-bond donors (Lipinski definition) is 1. The number of nitrogens with zero attached hydrogens (tertiary/aromatic N) is 2. The molecule has 1 N–H and O–H groups in total. The highest BCUT2D eigenvalue weighted by molar-refractivity contribution is 6.36. The predicted molar refractivity (Wildman–Crippen MR) is 85.9 cm³/mol. The molecule has 0 aliphatic carbocycles. The number of hydrogen-bond acceptors (Lipinski definition) is 5. The van der Waals surface area contributed by atoms with E-state index in [-0.39, 0.29) is 5.56 Å². The van der Waals surface area contributed by atoms with E-state index in [1.807, 2.05) is 0 Å². The fourth-order valence-corrected chi connectivity index (χ4v) is 2.29. The summed E-state index contributed by atoms with van der Waals surface area (Å²) < 4.78 is 0. The topological polar surface area (TPSA) is 115 Å². The van der Waals surface area contributed by atoms with Gasteiger partial charge in [-0.25, -0.2) is 0 Å². The van der Waals surface area contributed by atoms with Crippen LogP contribution in [0, 0.1) is 20.2 Å². The van der Waals surface area contributed by atoms with E-state index >= 15 is 0 Å². The molecule has 0 unspecified atom stereocenters. The van der Waals surface area contributed by atoms with Crippen LogP contribution >= 0.6 is 11.6 Å². The monoisotopic (exact) mass is 343 g/mol. The molecule has 0 spiro atoms. The predicted octanol–water partition coefficient (Wildman–Crippen LogP) is 3.86. The van der Waals surface area contributed by atoms with Crippen LogP contribution in [-0.4, -0.2) is 22.3 Å². The zero-order chi connectivity index (χ0) is 17.4. The lowest BCUT2D eigenvalue weighted by Gasteiger charge is -2.07. The lowest BCUT2D eigenvalue weighted by molar-refractivity contribution is -0.394. The van der Waals surface area contributed by atoms with Gasteiger partial charge in [0.15, 0.2) is 0 Å². The van der Waals surface area contributed by atoms with Crippen molar-refractivity contribution in [2.24, 2.45) is 0 Å². The van der Waals surface area contributed by atoms with Gasteiger partial charge in [0.05, 0.1) is 21.5 Å². The zero-order valence-corrected chi connectivity index (χ0v) is 13.5. The van der Waals surface area contributed by atoms with Crippen molar-refractivity contribution < 1.29 is 14.6 Å². The van der Waals surface area contributed by atoms with Crippen molar-refractivity contribution in [2.45, 2.75) is 39.0 Å². The second-order valence-electron chi connectivity index (χ2n) is 5.01. The summed E-state index contributed by atoms with van der Waals surface area (Å²) in [4.78, 5) is 32.1. The third-order valence-corrected chi connectivity index (χ3v) is 3.65. The standard InChI is InChI=1S/C14H18ClN3O5/c1-2-3-4-5-6-7-16-14(19)11-8-10(17(20)21)9-12(13(11)15)18(22)23/h8-9H,2-7H2,1H3,(H,16,19). The second kappa shape index (κ2) is 9.04. The summed E-state index contributed by atoms with van der Waals surface area (Å²) in [5.74, 6) is -0.655. The molecule has 1 aromatic carbocycles. The molecule has 0 saturated heterocycles. The maximum atomic E-state index is 12.1. The molecular formula is C14H18ClN3O5. The van der Waals surface area contributed by atoms with E-state index in [9.17, 15) is 25.0 Å². The van der Waals surface area contributed by atoms with Crippen LogP contribution in [0.1, 0.15) is 49.4 Å². The molecule has 0 aliphatic heterocycles. The molecule has 0 aliphatic rings. The summed E-state index contributed by atoms with van der Waals surface area (Å²) in [7, 11) is 0. The van der Waals surface area contributed by atoms with Gasteiger partial charge in [-0.1, -0.05) is 44.2 Å². The van der Waals surface area contributed by atoms with Gasteiger partial charge in [-0.2, -0.15) is 0 Å². The maximum absolute atomic E-state index is 12.1. The Labute approximate surface area is 138 Å². The molecule has 1 amide bonds. The Kier molecular flexibility index (Phi) is 7.40. The average molecular weight is 344 g/mol. The maximum Gasteiger partial charge on any atom is 0.295 e. The van der Waals surface area contributed by atoms with Gasteiger partial charge in [0.2, 0.25) is 0 Å². The lowest BCUT2D eigenvalue weighted by atomic mass is 10.1. The van der Waals surface area contributed by atoms with Gasteiger partial charge < -0.3 is 5.32 Å². The first-order valence-corrected chi connectivity index (χ1v) is 7.66. The highest BCUT2D eigenvalue weighted by atomic mass is 35.5. The minimum atomic E-state index is -0.850. The first-order valence-electron chi connectivity index (χ1n) is 7.29. The fraction of sp³-hybridized carbons (Fsp3) is 0.500. The number of carbonyl (C=O) groups excluding carboxylic acids is 1. The van der Waals surface area contributed by atoms with E-state index < -0.39 is 32.2 Å². The van der Waals surface area contributed by atoms with Crippen LogP contribution in [0.3, 0.4) is 0 Å². The fourth-order valence-electron chi connectivity index (χ4n) is 2.02. The van der Waals surface area contributed by atoms with E-state index in [2.05, 4.69) is 12.2 Å². The Morgan fingerprint density at radius 3 is 2.35 bits per heavy atom. The number of carbonyl (C=O) groups is 1. The van der Waals surface area contributed by atoms with E-state index in [0.717, 1.165) is 44.2 Å². The first kappa shape index (κ1) is 18.8. The molecule has 0 radical (unpaired) electrons. The summed E-state index contributed by atoms with van der Waals surface area (Å²) in [5, 5.41) is 23.9. The van der Waals surface area contributed by atoms with E-state index in [1.165, 1.54) is 0 Å². The Hall–Kier alpha value is -2.22. The van der Waals surface area contributed by atoms with Crippen molar-refractivity contribution in [1.29, 1.82) is 0 Å². The normalized spacial score (nSPS) is 10.3.